The van der Waals surface area contributed by atoms with Gasteiger partial charge in [0.2, 0.25) is 0 Å². The molecule has 1 N–H and O–H groups in total. The molecule has 1 atom stereocenters. The van der Waals surface area contributed by atoms with Crippen molar-refractivity contribution in [1.29, 1.82) is 0 Å². The van der Waals surface area contributed by atoms with Crippen molar-refractivity contribution in [1.82, 2.24) is 4.90 Å². The normalized spacial score (nSPS) is 16.5. The number of ether oxygens (including phenoxy) is 1. The second kappa shape index (κ2) is 7.51. The first-order chi connectivity index (χ1) is 12.4. The maximum atomic E-state index is 13.6. The summed E-state index contributed by atoms with van der Waals surface area (Å²) in [7, 11) is 0. The van der Waals surface area contributed by atoms with Gasteiger partial charge in [0.1, 0.15) is 11.6 Å². The molecule has 7 heteroatoms. The van der Waals surface area contributed by atoms with E-state index >= 15 is 0 Å². The van der Waals surface area contributed by atoms with Crippen LogP contribution in [0.5, 0.6) is 11.5 Å². The molecule has 0 radical (unpaired) electrons. The lowest BCUT2D eigenvalue weighted by molar-refractivity contribution is -0.137. The monoisotopic (exact) mass is 361 g/mol. The molecule has 1 amide bonds. The van der Waals surface area contributed by atoms with Crippen molar-refractivity contribution < 1.29 is 28.2 Å². The Morgan fingerprint density at radius 2 is 1.88 bits per heavy atom. The molecule has 1 saturated heterocycles. The number of aliphatic carboxylic acids is 1. The second-order valence-electron chi connectivity index (χ2n) is 6.09. The van der Waals surface area contributed by atoms with Crippen LogP contribution < -0.4 is 4.74 Å². The van der Waals surface area contributed by atoms with Gasteiger partial charge >= 0.3 is 5.97 Å². The molecule has 1 fully saturated rings. The molecule has 0 saturated carbocycles. The first-order valence-electron chi connectivity index (χ1n) is 8.20. The number of halogens is 2. The Bertz CT molecular complexity index is 823. The fourth-order valence-electron chi connectivity index (χ4n) is 3.03. The lowest BCUT2D eigenvalue weighted by atomic mass is 10.1. The average Bonchev–Trinajstić information content (AvgIpc) is 3.05. The Morgan fingerprint density at radius 3 is 2.54 bits per heavy atom. The molecular weight excluding hydrogens is 344 g/mol. The second-order valence-corrected chi connectivity index (χ2v) is 6.09. The maximum absolute atomic E-state index is 13.6. The van der Waals surface area contributed by atoms with E-state index in [-0.39, 0.29) is 24.1 Å². The highest BCUT2D eigenvalue weighted by molar-refractivity contribution is 5.95. The smallest absolute Gasteiger partial charge is 0.305 e. The van der Waals surface area contributed by atoms with Crippen LogP contribution in [-0.2, 0) is 4.79 Å². The number of benzene rings is 2. The summed E-state index contributed by atoms with van der Waals surface area (Å²) in [6, 6.07) is 8.80. The van der Waals surface area contributed by atoms with Gasteiger partial charge in [-0.1, -0.05) is 0 Å². The molecule has 0 bridgehead atoms. The van der Waals surface area contributed by atoms with Crippen molar-refractivity contribution in [3.05, 3.63) is 59.7 Å². The van der Waals surface area contributed by atoms with Crippen molar-refractivity contribution in [3.8, 4) is 11.5 Å². The summed E-state index contributed by atoms with van der Waals surface area (Å²) in [5, 5.41) is 8.95. The topological polar surface area (TPSA) is 66.8 Å². The fourth-order valence-corrected chi connectivity index (χ4v) is 3.03. The Kier molecular flexibility index (Phi) is 5.16. The van der Waals surface area contributed by atoms with Gasteiger partial charge in [-0.15, -0.1) is 0 Å². The highest BCUT2D eigenvalue weighted by Gasteiger charge is 2.30. The van der Waals surface area contributed by atoms with E-state index < -0.39 is 17.6 Å². The average molecular weight is 361 g/mol. The summed E-state index contributed by atoms with van der Waals surface area (Å²) in [5.74, 6) is -2.51. The maximum Gasteiger partial charge on any atom is 0.305 e. The van der Waals surface area contributed by atoms with Crippen molar-refractivity contribution >= 4 is 11.9 Å². The summed E-state index contributed by atoms with van der Waals surface area (Å²) < 4.78 is 31.9. The van der Waals surface area contributed by atoms with Gasteiger partial charge in [0.15, 0.2) is 11.6 Å². The molecule has 3 rings (SSSR count). The van der Waals surface area contributed by atoms with Gasteiger partial charge in [-0.2, -0.15) is 0 Å². The first kappa shape index (κ1) is 17.8. The molecule has 1 heterocycles. The highest BCUT2D eigenvalue weighted by atomic mass is 19.1. The predicted octanol–water partition coefficient (Wildman–Crippen LogP) is 3.84. The van der Waals surface area contributed by atoms with Crippen LogP contribution in [-0.4, -0.2) is 34.5 Å². The van der Waals surface area contributed by atoms with Crippen molar-refractivity contribution in [2.75, 3.05) is 6.54 Å². The molecule has 1 aliphatic heterocycles. The van der Waals surface area contributed by atoms with Crippen LogP contribution in [0.25, 0.3) is 0 Å². The number of nitrogens with zero attached hydrogens (tertiary/aromatic N) is 1. The zero-order chi connectivity index (χ0) is 18.7. The molecule has 0 aromatic heterocycles. The number of hydrogen-bond donors (Lipinski definition) is 1. The van der Waals surface area contributed by atoms with Crippen molar-refractivity contribution in [2.24, 2.45) is 0 Å². The van der Waals surface area contributed by atoms with E-state index in [1.165, 1.54) is 30.3 Å². The van der Waals surface area contributed by atoms with Crippen LogP contribution in [0.4, 0.5) is 8.78 Å². The summed E-state index contributed by atoms with van der Waals surface area (Å²) in [4.78, 5) is 25.1. The molecule has 0 spiro atoms. The van der Waals surface area contributed by atoms with Crippen LogP contribution >= 0.6 is 0 Å². The van der Waals surface area contributed by atoms with Crippen LogP contribution in [0.1, 0.15) is 29.6 Å². The van der Waals surface area contributed by atoms with Crippen LogP contribution in [0, 0.1) is 11.6 Å². The van der Waals surface area contributed by atoms with E-state index in [1.54, 1.807) is 4.90 Å². The largest absolute Gasteiger partial charge is 0.481 e. The molecule has 2 aromatic carbocycles. The Labute approximate surface area is 148 Å². The van der Waals surface area contributed by atoms with E-state index in [2.05, 4.69) is 0 Å². The number of likely N-dealkylation sites (tertiary alicyclic amines) is 1. The number of amides is 1. The van der Waals surface area contributed by atoms with E-state index in [0.29, 0.717) is 24.3 Å². The van der Waals surface area contributed by atoms with E-state index in [9.17, 15) is 18.4 Å². The third-order valence-electron chi connectivity index (χ3n) is 4.27. The number of rotatable bonds is 5. The van der Waals surface area contributed by atoms with Gasteiger partial charge in [0.25, 0.3) is 5.91 Å². The molecule has 1 aliphatic rings. The molecule has 26 heavy (non-hydrogen) atoms. The number of hydrogen-bond acceptors (Lipinski definition) is 3. The summed E-state index contributed by atoms with van der Waals surface area (Å²) in [6.07, 6.45) is 1.37. The molecule has 0 aliphatic carbocycles. The molecule has 5 nitrogen and oxygen atoms in total. The number of carboxylic acids is 1. The number of carbonyl (C=O) groups excluding carboxylic acids is 1. The minimum atomic E-state index is -0.931. The Morgan fingerprint density at radius 1 is 1.15 bits per heavy atom. The molecule has 1 unspecified atom stereocenters. The minimum Gasteiger partial charge on any atom is -0.481 e. The predicted molar refractivity (Wildman–Crippen MR) is 89.2 cm³/mol. The lowest BCUT2D eigenvalue weighted by Crippen LogP contribution is -2.36. The zero-order valence-electron chi connectivity index (χ0n) is 13.8. The van der Waals surface area contributed by atoms with Crippen LogP contribution in [0.3, 0.4) is 0 Å². The van der Waals surface area contributed by atoms with Gasteiger partial charge in [0.05, 0.1) is 6.42 Å². The third-order valence-corrected chi connectivity index (χ3v) is 4.27. The highest BCUT2D eigenvalue weighted by Crippen LogP contribution is 2.27. The Balaban J connectivity index is 1.70. The van der Waals surface area contributed by atoms with Crippen LogP contribution in [0.2, 0.25) is 0 Å². The summed E-state index contributed by atoms with van der Waals surface area (Å²) >= 11 is 0. The third kappa shape index (κ3) is 3.99. The van der Waals surface area contributed by atoms with Gasteiger partial charge < -0.3 is 14.7 Å². The molecule has 2 aromatic rings. The number of carboxylic acid groups (broad SMARTS) is 1. The van der Waals surface area contributed by atoms with Gasteiger partial charge in [0, 0.05) is 24.2 Å². The summed E-state index contributed by atoms with van der Waals surface area (Å²) in [6.45, 7) is 0.524. The zero-order valence-corrected chi connectivity index (χ0v) is 13.8. The number of carbonyl (C=O) groups is 2. The van der Waals surface area contributed by atoms with Gasteiger partial charge in [-0.25, -0.2) is 8.78 Å². The minimum absolute atomic E-state index is 0.0726. The van der Waals surface area contributed by atoms with Crippen LogP contribution in [0.15, 0.2) is 42.5 Å². The van der Waals surface area contributed by atoms with E-state index in [4.69, 9.17) is 9.84 Å². The van der Waals surface area contributed by atoms with Gasteiger partial charge in [-0.05, 0) is 49.2 Å². The quantitative estimate of drug-likeness (QED) is 0.879. The standard InChI is InChI=1S/C19H17F2NO4/c20-13-5-8-17(16(21)10-13)26-15-6-3-12(4-7-15)19(25)22-9-1-2-14(22)11-18(23)24/h3-8,10,14H,1-2,9,11H2,(H,23,24). The molecular formula is C19H17F2NO4. The first-order valence-corrected chi connectivity index (χ1v) is 8.20. The SMILES string of the molecule is O=C(O)CC1CCCN1C(=O)c1ccc(Oc2ccc(F)cc2F)cc1. The van der Waals surface area contributed by atoms with E-state index in [0.717, 1.165) is 18.6 Å². The van der Waals surface area contributed by atoms with E-state index in [1.807, 2.05) is 0 Å². The van der Waals surface area contributed by atoms with Gasteiger partial charge in [-0.3, -0.25) is 9.59 Å². The molecule has 136 valence electrons. The Hall–Kier alpha value is -2.96. The summed E-state index contributed by atoms with van der Waals surface area (Å²) in [5.41, 5.74) is 0.397. The van der Waals surface area contributed by atoms with Crippen molar-refractivity contribution in [2.45, 2.75) is 25.3 Å². The van der Waals surface area contributed by atoms with Crippen molar-refractivity contribution in [3.63, 3.8) is 0 Å². The fraction of sp³-hybridized carbons (Fsp3) is 0.263. The lowest BCUT2D eigenvalue weighted by Gasteiger charge is -2.23.